The van der Waals surface area contributed by atoms with Gasteiger partial charge >= 0.3 is 0 Å². The molecule has 0 aliphatic carbocycles. The number of rotatable bonds is 5. The van der Waals surface area contributed by atoms with E-state index in [2.05, 4.69) is 0 Å². The van der Waals surface area contributed by atoms with Crippen LogP contribution in [0, 0.1) is 10.1 Å². The summed E-state index contributed by atoms with van der Waals surface area (Å²) in [5.41, 5.74) is 1.30. The van der Waals surface area contributed by atoms with Gasteiger partial charge in [-0.1, -0.05) is 24.3 Å². The maximum absolute atomic E-state index is 12.5. The SMILES string of the molecule is CSc1ccc(/C=C2\SC(=O)N(Cc3cccc([N+](=O)[O-])c3)C2=O)cc1. The number of nitro benzene ring substituents is 1. The molecule has 26 heavy (non-hydrogen) atoms. The van der Waals surface area contributed by atoms with Crippen molar-refractivity contribution in [2.45, 2.75) is 11.4 Å². The smallest absolute Gasteiger partial charge is 0.268 e. The molecule has 0 bridgehead atoms. The van der Waals surface area contributed by atoms with Gasteiger partial charge < -0.3 is 0 Å². The fourth-order valence-electron chi connectivity index (χ4n) is 2.44. The zero-order chi connectivity index (χ0) is 18.7. The quantitative estimate of drug-likeness (QED) is 0.324. The molecule has 0 N–H and O–H groups in total. The first-order valence-electron chi connectivity index (χ1n) is 7.60. The summed E-state index contributed by atoms with van der Waals surface area (Å²) in [6, 6.07) is 13.6. The summed E-state index contributed by atoms with van der Waals surface area (Å²) in [5.74, 6) is -0.388. The number of carbonyl (C=O) groups excluding carboxylic acids is 2. The average Bonchev–Trinajstić information content (AvgIpc) is 2.90. The average molecular weight is 386 g/mol. The van der Waals surface area contributed by atoms with Crippen LogP contribution in [0.25, 0.3) is 6.08 Å². The second-order valence-corrected chi connectivity index (χ2v) is 7.34. The molecule has 6 nitrogen and oxygen atoms in total. The van der Waals surface area contributed by atoms with Crippen molar-refractivity contribution in [3.05, 3.63) is 74.7 Å². The van der Waals surface area contributed by atoms with Gasteiger partial charge in [0.15, 0.2) is 0 Å². The molecule has 0 unspecified atom stereocenters. The molecular formula is C18H14N2O4S2. The van der Waals surface area contributed by atoms with Crippen LogP contribution in [0.4, 0.5) is 10.5 Å². The van der Waals surface area contributed by atoms with Crippen molar-refractivity contribution >= 4 is 46.4 Å². The van der Waals surface area contributed by atoms with E-state index in [9.17, 15) is 19.7 Å². The van der Waals surface area contributed by atoms with E-state index in [-0.39, 0.29) is 23.4 Å². The first kappa shape index (κ1) is 18.2. The number of nitrogens with zero attached hydrogens (tertiary/aromatic N) is 2. The number of amides is 2. The summed E-state index contributed by atoms with van der Waals surface area (Å²) in [5, 5.41) is 10.5. The molecule has 1 heterocycles. The van der Waals surface area contributed by atoms with E-state index in [1.54, 1.807) is 23.9 Å². The molecule has 3 rings (SSSR count). The Balaban J connectivity index is 1.79. The van der Waals surface area contributed by atoms with Gasteiger partial charge in [-0.25, -0.2) is 0 Å². The molecule has 8 heteroatoms. The zero-order valence-corrected chi connectivity index (χ0v) is 15.4. The van der Waals surface area contributed by atoms with Crippen molar-refractivity contribution in [3.63, 3.8) is 0 Å². The molecule has 0 saturated carbocycles. The predicted molar refractivity (Wildman–Crippen MR) is 103 cm³/mol. The van der Waals surface area contributed by atoms with Crippen molar-refractivity contribution in [2.24, 2.45) is 0 Å². The number of benzene rings is 2. The third kappa shape index (κ3) is 3.97. The monoisotopic (exact) mass is 386 g/mol. The molecular weight excluding hydrogens is 372 g/mol. The Morgan fingerprint density at radius 1 is 1.19 bits per heavy atom. The Kier molecular flexibility index (Phi) is 5.43. The van der Waals surface area contributed by atoms with Crippen molar-refractivity contribution < 1.29 is 14.5 Å². The third-order valence-corrected chi connectivity index (χ3v) is 5.40. The Morgan fingerprint density at radius 2 is 1.92 bits per heavy atom. The van der Waals surface area contributed by atoms with Crippen LogP contribution in [0.3, 0.4) is 0 Å². The van der Waals surface area contributed by atoms with E-state index in [0.29, 0.717) is 10.5 Å². The molecule has 1 aliphatic rings. The zero-order valence-electron chi connectivity index (χ0n) is 13.7. The maximum atomic E-state index is 12.5. The van der Waals surface area contributed by atoms with Gasteiger partial charge in [-0.15, -0.1) is 11.8 Å². The number of nitro groups is 1. The summed E-state index contributed by atoms with van der Waals surface area (Å²) in [6.45, 7) is 0.00903. The van der Waals surface area contributed by atoms with E-state index >= 15 is 0 Å². The van der Waals surface area contributed by atoms with Crippen LogP contribution >= 0.6 is 23.5 Å². The van der Waals surface area contributed by atoms with Crippen LogP contribution in [0.5, 0.6) is 0 Å². The van der Waals surface area contributed by atoms with Gasteiger partial charge in [0.2, 0.25) is 0 Å². The van der Waals surface area contributed by atoms with Crippen molar-refractivity contribution in [1.29, 1.82) is 0 Å². The van der Waals surface area contributed by atoms with Crippen LogP contribution in [-0.2, 0) is 11.3 Å². The molecule has 1 aliphatic heterocycles. The standard InChI is InChI=1S/C18H14N2O4S2/c1-25-15-7-5-12(6-8-15)10-16-17(21)19(18(22)26-16)11-13-3-2-4-14(9-13)20(23)24/h2-10H,11H2,1H3/b16-10-. The van der Waals surface area contributed by atoms with Gasteiger partial charge in [-0.05, 0) is 47.4 Å². The Hall–Kier alpha value is -2.58. The van der Waals surface area contributed by atoms with E-state index in [4.69, 9.17) is 0 Å². The molecule has 2 amide bonds. The number of imide groups is 1. The van der Waals surface area contributed by atoms with Crippen LogP contribution in [0.15, 0.2) is 58.3 Å². The van der Waals surface area contributed by atoms with Gasteiger partial charge in [0, 0.05) is 17.0 Å². The molecule has 0 radical (unpaired) electrons. The lowest BCUT2D eigenvalue weighted by Gasteiger charge is -2.12. The lowest BCUT2D eigenvalue weighted by Crippen LogP contribution is -2.27. The minimum absolute atomic E-state index is 0.00903. The lowest BCUT2D eigenvalue weighted by atomic mass is 10.2. The predicted octanol–water partition coefficient (Wildman–Crippen LogP) is 4.55. The van der Waals surface area contributed by atoms with Gasteiger partial charge in [-0.2, -0.15) is 0 Å². The first-order valence-corrected chi connectivity index (χ1v) is 9.65. The molecule has 0 spiro atoms. The summed E-state index contributed by atoms with van der Waals surface area (Å²) >= 11 is 2.50. The Labute approximate surface area is 158 Å². The van der Waals surface area contributed by atoms with Crippen LogP contribution in [0.2, 0.25) is 0 Å². The molecule has 0 atom stereocenters. The fraction of sp³-hybridized carbons (Fsp3) is 0.111. The summed E-state index contributed by atoms with van der Waals surface area (Å²) in [6.07, 6.45) is 3.66. The molecule has 2 aromatic carbocycles. The van der Waals surface area contributed by atoms with E-state index in [1.807, 2.05) is 30.5 Å². The molecule has 1 fully saturated rings. The normalized spacial score (nSPS) is 15.7. The number of hydrogen-bond acceptors (Lipinski definition) is 6. The number of non-ortho nitro benzene ring substituents is 1. The summed E-state index contributed by atoms with van der Waals surface area (Å²) in [7, 11) is 0. The van der Waals surface area contributed by atoms with E-state index in [0.717, 1.165) is 27.1 Å². The second kappa shape index (κ2) is 7.76. The van der Waals surface area contributed by atoms with Gasteiger partial charge in [0.05, 0.1) is 16.4 Å². The molecule has 0 aromatic heterocycles. The number of thioether (sulfide) groups is 2. The molecule has 2 aromatic rings. The number of hydrogen-bond donors (Lipinski definition) is 0. The van der Waals surface area contributed by atoms with Crippen LogP contribution < -0.4 is 0 Å². The van der Waals surface area contributed by atoms with Crippen LogP contribution in [-0.4, -0.2) is 27.2 Å². The summed E-state index contributed by atoms with van der Waals surface area (Å²) in [4.78, 5) is 37.7. The van der Waals surface area contributed by atoms with Gasteiger partial charge in [0.1, 0.15) is 0 Å². The van der Waals surface area contributed by atoms with Crippen molar-refractivity contribution in [3.8, 4) is 0 Å². The fourth-order valence-corrected chi connectivity index (χ4v) is 3.69. The Morgan fingerprint density at radius 3 is 2.58 bits per heavy atom. The first-order chi connectivity index (χ1) is 12.5. The number of carbonyl (C=O) groups is 2. The minimum Gasteiger partial charge on any atom is -0.268 e. The van der Waals surface area contributed by atoms with Crippen molar-refractivity contribution in [2.75, 3.05) is 6.26 Å². The van der Waals surface area contributed by atoms with E-state index in [1.165, 1.54) is 18.2 Å². The lowest BCUT2D eigenvalue weighted by molar-refractivity contribution is -0.384. The third-order valence-electron chi connectivity index (χ3n) is 3.75. The molecule has 132 valence electrons. The van der Waals surface area contributed by atoms with Gasteiger partial charge in [0.25, 0.3) is 16.8 Å². The highest BCUT2D eigenvalue weighted by Crippen LogP contribution is 2.33. The topological polar surface area (TPSA) is 80.5 Å². The highest BCUT2D eigenvalue weighted by Gasteiger charge is 2.35. The second-order valence-electron chi connectivity index (χ2n) is 5.47. The molecule has 1 saturated heterocycles. The summed E-state index contributed by atoms with van der Waals surface area (Å²) < 4.78 is 0. The highest BCUT2D eigenvalue weighted by molar-refractivity contribution is 8.18. The van der Waals surface area contributed by atoms with Gasteiger partial charge in [-0.3, -0.25) is 24.6 Å². The largest absolute Gasteiger partial charge is 0.293 e. The maximum Gasteiger partial charge on any atom is 0.293 e. The Bertz CT molecular complexity index is 910. The van der Waals surface area contributed by atoms with Crippen LogP contribution in [0.1, 0.15) is 11.1 Å². The van der Waals surface area contributed by atoms with E-state index < -0.39 is 4.92 Å². The minimum atomic E-state index is -0.505. The van der Waals surface area contributed by atoms with Crippen molar-refractivity contribution in [1.82, 2.24) is 4.90 Å². The highest BCUT2D eigenvalue weighted by atomic mass is 32.2.